The fourth-order valence-corrected chi connectivity index (χ4v) is 4.45. The summed E-state index contributed by atoms with van der Waals surface area (Å²) in [5, 5.41) is 0. The van der Waals surface area contributed by atoms with Crippen LogP contribution in [-0.4, -0.2) is 6.54 Å². The van der Waals surface area contributed by atoms with E-state index in [9.17, 15) is 0 Å². The van der Waals surface area contributed by atoms with Crippen molar-refractivity contribution in [2.24, 2.45) is 0 Å². The third-order valence-corrected chi connectivity index (χ3v) is 5.63. The topological polar surface area (TPSA) is 3.24 Å². The predicted molar refractivity (Wildman–Crippen MR) is 100 cm³/mol. The summed E-state index contributed by atoms with van der Waals surface area (Å²) >= 11 is 0. The van der Waals surface area contributed by atoms with Crippen molar-refractivity contribution in [3.8, 4) is 0 Å². The summed E-state index contributed by atoms with van der Waals surface area (Å²) in [6.45, 7) is 3.26. The van der Waals surface area contributed by atoms with E-state index >= 15 is 0 Å². The van der Waals surface area contributed by atoms with Crippen LogP contribution in [0.1, 0.15) is 40.3 Å². The summed E-state index contributed by atoms with van der Waals surface area (Å²) in [5.41, 5.74) is 11.9. The molecule has 0 bridgehead atoms. The molecular formula is C23H21N. The van der Waals surface area contributed by atoms with E-state index in [4.69, 9.17) is 0 Å². The van der Waals surface area contributed by atoms with Gasteiger partial charge in [-0.15, -0.1) is 0 Å². The second-order valence-corrected chi connectivity index (χ2v) is 6.87. The van der Waals surface area contributed by atoms with Crippen LogP contribution in [0.2, 0.25) is 0 Å². The first-order chi connectivity index (χ1) is 11.8. The molecule has 0 spiro atoms. The van der Waals surface area contributed by atoms with Crippen LogP contribution in [0.4, 0.5) is 11.4 Å². The van der Waals surface area contributed by atoms with Crippen molar-refractivity contribution in [3.63, 3.8) is 0 Å². The number of para-hydroxylation sites is 1. The molecule has 1 heteroatoms. The number of rotatable bonds is 1. The first-order valence-corrected chi connectivity index (χ1v) is 8.91. The molecule has 0 amide bonds. The van der Waals surface area contributed by atoms with Gasteiger partial charge in [0, 0.05) is 24.3 Å². The van der Waals surface area contributed by atoms with Gasteiger partial charge in [0.1, 0.15) is 0 Å². The number of benzene rings is 3. The first-order valence-electron chi connectivity index (χ1n) is 8.91. The minimum Gasteiger partial charge on any atom is -0.341 e. The Morgan fingerprint density at radius 3 is 2.08 bits per heavy atom. The normalized spacial score (nSPS) is 14.5. The van der Waals surface area contributed by atoms with Crippen molar-refractivity contribution in [1.29, 1.82) is 0 Å². The Bertz CT molecular complexity index is 939. The maximum absolute atomic E-state index is 2.48. The second kappa shape index (κ2) is 5.24. The molecule has 0 N–H and O–H groups in total. The lowest BCUT2D eigenvalue weighted by Crippen LogP contribution is -2.25. The van der Waals surface area contributed by atoms with Gasteiger partial charge in [0.25, 0.3) is 0 Å². The smallest absolute Gasteiger partial charge is 0.0449 e. The molecule has 0 saturated carbocycles. The minimum absolute atomic E-state index is 1.01. The minimum atomic E-state index is 1.01. The van der Waals surface area contributed by atoms with E-state index in [1.54, 1.807) is 11.1 Å². The summed E-state index contributed by atoms with van der Waals surface area (Å²) in [4.78, 5) is 2.48. The summed E-state index contributed by atoms with van der Waals surface area (Å²) in [5.74, 6) is 0. The molecule has 1 heterocycles. The largest absolute Gasteiger partial charge is 0.341 e. The molecule has 1 aliphatic heterocycles. The van der Waals surface area contributed by atoms with Gasteiger partial charge >= 0.3 is 0 Å². The van der Waals surface area contributed by atoms with E-state index in [0.717, 1.165) is 25.8 Å². The highest BCUT2D eigenvalue weighted by Crippen LogP contribution is 2.42. The molecule has 3 aromatic carbocycles. The van der Waals surface area contributed by atoms with Crippen LogP contribution in [0.15, 0.2) is 60.7 Å². The highest BCUT2D eigenvalue weighted by Gasteiger charge is 2.26. The molecule has 2 aliphatic rings. The van der Waals surface area contributed by atoms with Crippen molar-refractivity contribution >= 4 is 11.4 Å². The van der Waals surface area contributed by atoms with Gasteiger partial charge in [-0.25, -0.2) is 0 Å². The van der Waals surface area contributed by atoms with E-state index in [1.807, 2.05) is 0 Å². The van der Waals surface area contributed by atoms with Crippen LogP contribution in [0.25, 0.3) is 0 Å². The fourth-order valence-electron chi connectivity index (χ4n) is 4.45. The van der Waals surface area contributed by atoms with Crippen LogP contribution in [0.5, 0.6) is 0 Å². The Hall–Kier alpha value is -2.54. The van der Waals surface area contributed by atoms with E-state index in [0.29, 0.717) is 0 Å². The van der Waals surface area contributed by atoms with Crippen molar-refractivity contribution in [2.75, 3.05) is 11.4 Å². The van der Waals surface area contributed by atoms with Gasteiger partial charge in [-0.3, -0.25) is 0 Å². The van der Waals surface area contributed by atoms with Crippen LogP contribution < -0.4 is 4.90 Å². The van der Waals surface area contributed by atoms with Crippen LogP contribution in [-0.2, 0) is 19.3 Å². The molecule has 1 nitrogen and oxygen atoms in total. The van der Waals surface area contributed by atoms with Crippen molar-refractivity contribution in [3.05, 3.63) is 94.0 Å². The third-order valence-electron chi connectivity index (χ3n) is 5.63. The third kappa shape index (κ3) is 1.94. The Balaban J connectivity index is 1.68. The SMILES string of the molecule is CCN1c2ccccc2Cc2c1ccc1c2Cc2ccccc2C1. The number of anilines is 2. The Morgan fingerprint density at radius 1 is 0.625 bits per heavy atom. The molecule has 5 rings (SSSR count). The molecule has 0 radical (unpaired) electrons. The van der Waals surface area contributed by atoms with E-state index in [1.165, 1.54) is 33.6 Å². The van der Waals surface area contributed by atoms with Crippen molar-refractivity contribution < 1.29 is 0 Å². The molecule has 0 atom stereocenters. The van der Waals surface area contributed by atoms with E-state index < -0.39 is 0 Å². The quantitative estimate of drug-likeness (QED) is 0.464. The Labute approximate surface area is 143 Å². The average molecular weight is 311 g/mol. The second-order valence-electron chi connectivity index (χ2n) is 6.87. The van der Waals surface area contributed by atoms with Crippen molar-refractivity contribution in [1.82, 2.24) is 0 Å². The molecule has 3 aromatic rings. The van der Waals surface area contributed by atoms with Gasteiger partial charge in [0.2, 0.25) is 0 Å². The predicted octanol–water partition coefficient (Wildman–Crippen LogP) is 5.24. The zero-order valence-electron chi connectivity index (χ0n) is 14.0. The maximum Gasteiger partial charge on any atom is 0.0449 e. The highest BCUT2D eigenvalue weighted by molar-refractivity contribution is 5.76. The average Bonchev–Trinajstić information content (AvgIpc) is 2.64. The molecule has 0 saturated heterocycles. The standard InChI is InChI=1S/C23H21N/c1-2-24-22-10-6-5-9-19(22)15-21-20-14-17-8-4-3-7-16(17)13-18(20)11-12-23(21)24/h3-12H,2,13-15H2,1H3. The Morgan fingerprint density at radius 2 is 1.29 bits per heavy atom. The highest BCUT2D eigenvalue weighted by atomic mass is 15.1. The fraction of sp³-hybridized carbons (Fsp3) is 0.217. The van der Waals surface area contributed by atoms with E-state index in [2.05, 4.69) is 72.5 Å². The van der Waals surface area contributed by atoms with Crippen molar-refractivity contribution in [2.45, 2.75) is 26.2 Å². The van der Waals surface area contributed by atoms with Gasteiger partial charge in [0.15, 0.2) is 0 Å². The summed E-state index contributed by atoms with van der Waals surface area (Å²) in [7, 11) is 0. The molecule has 24 heavy (non-hydrogen) atoms. The molecule has 1 aliphatic carbocycles. The molecular weight excluding hydrogens is 290 g/mol. The summed E-state index contributed by atoms with van der Waals surface area (Å²) in [6.07, 6.45) is 3.22. The van der Waals surface area contributed by atoms with Gasteiger partial charge in [-0.05, 0) is 65.3 Å². The monoisotopic (exact) mass is 311 g/mol. The maximum atomic E-state index is 2.48. The lowest BCUT2D eigenvalue weighted by atomic mass is 9.80. The van der Waals surface area contributed by atoms with Crippen LogP contribution >= 0.6 is 0 Å². The zero-order chi connectivity index (χ0) is 16.1. The van der Waals surface area contributed by atoms with E-state index in [-0.39, 0.29) is 0 Å². The molecule has 0 unspecified atom stereocenters. The lowest BCUT2D eigenvalue weighted by molar-refractivity contribution is 0.916. The molecule has 0 aromatic heterocycles. The van der Waals surface area contributed by atoms with Crippen LogP contribution in [0, 0.1) is 0 Å². The first kappa shape index (κ1) is 13.9. The lowest BCUT2D eigenvalue weighted by Gasteiger charge is -2.35. The van der Waals surface area contributed by atoms with Gasteiger partial charge in [-0.2, -0.15) is 0 Å². The van der Waals surface area contributed by atoms with Gasteiger partial charge < -0.3 is 4.90 Å². The number of nitrogens with zero attached hydrogens (tertiary/aromatic N) is 1. The number of fused-ring (bicyclic) bond motifs is 5. The number of hydrogen-bond acceptors (Lipinski definition) is 1. The summed E-state index contributed by atoms with van der Waals surface area (Å²) < 4.78 is 0. The van der Waals surface area contributed by atoms with Gasteiger partial charge in [0.05, 0.1) is 0 Å². The van der Waals surface area contributed by atoms with Crippen LogP contribution in [0.3, 0.4) is 0 Å². The molecule has 0 fully saturated rings. The Kier molecular flexibility index (Phi) is 3.02. The zero-order valence-corrected chi connectivity index (χ0v) is 14.0. The van der Waals surface area contributed by atoms with Gasteiger partial charge in [-0.1, -0.05) is 48.5 Å². The number of hydrogen-bond donors (Lipinski definition) is 0. The molecule has 118 valence electrons. The summed E-state index contributed by atoms with van der Waals surface area (Å²) in [6, 6.07) is 22.5.